The Morgan fingerprint density at radius 1 is 1.21 bits per heavy atom. The first-order valence-electron chi connectivity index (χ1n) is 6.81. The molecule has 1 aliphatic rings. The zero-order valence-electron chi connectivity index (χ0n) is 11.1. The average molecular weight is 258 g/mol. The van der Waals surface area contributed by atoms with E-state index in [9.17, 15) is 0 Å². The summed E-state index contributed by atoms with van der Waals surface area (Å²) >= 11 is 0. The second-order valence-electron chi connectivity index (χ2n) is 4.66. The lowest BCUT2D eigenvalue weighted by Crippen LogP contribution is -2.23. The Hall–Kier alpha value is -1.81. The predicted octanol–water partition coefficient (Wildman–Crippen LogP) is 3.02. The van der Waals surface area contributed by atoms with Crippen molar-refractivity contribution >= 4 is 10.8 Å². The van der Waals surface area contributed by atoms with E-state index in [1.54, 1.807) is 6.20 Å². The second kappa shape index (κ2) is 5.45. The van der Waals surface area contributed by atoms with Crippen molar-refractivity contribution in [3.8, 4) is 11.6 Å². The molecular weight excluding hydrogens is 240 g/mol. The van der Waals surface area contributed by atoms with Crippen LogP contribution in [0.4, 0.5) is 0 Å². The summed E-state index contributed by atoms with van der Waals surface area (Å²) in [4.78, 5) is 10.2. The molecule has 4 heteroatoms. The van der Waals surface area contributed by atoms with Gasteiger partial charge in [-0.3, -0.25) is 0 Å². The van der Waals surface area contributed by atoms with Crippen LogP contribution in [0.25, 0.3) is 10.8 Å². The van der Waals surface area contributed by atoms with Gasteiger partial charge in [-0.25, -0.2) is 4.98 Å². The molecule has 1 saturated heterocycles. The van der Waals surface area contributed by atoms with Gasteiger partial charge in [0.15, 0.2) is 0 Å². The third-order valence-electron chi connectivity index (χ3n) is 3.29. The molecule has 3 rings (SSSR count). The molecule has 100 valence electrons. The van der Waals surface area contributed by atoms with Gasteiger partial charge in [0.1, 0.15) is 5.75 Å². The van der Waals surface area contributed by atoms with E-state index in [0.717, 1.165) is 29.6 Å². The standard InChI is InChI=1S/C15H18N2O2/c1-2-18-13-5-6-14-12(11-13)7-8-16-15(14)19-17-9-3-4-10-17/h5-8,11H,2-4,9-10H2,1H3. The van der Waals surface area contributed by atoms with Crippen molar-refractivity contribution in [2.45, 2.75) is 19.8 Å². The molecule has 1 fully saturated rings. The quantitative estimate of drug-likeness (QED) is 0.844. The fourth-order valence-corrected chi connectivity index (χ4v) is 2.36. The molecule has 4 nitrogen and oxygen atoms in total. The number of hydrogen-bond donors (Lipinski definition) is 0. The van der Waals surface area contributed by atoms with Crippen molar-refractivity contribution in [2.75, 3.05) is 19.7 Å². The Bertz CT molecular complexity index is 565. The summed E-state index contributed by atoms with van der Waals surface area (Å²) in [5.74, 6) is 1.57. The maximum absolute atomic E-state index is 5.87. The van der Waals surface area contributed by atoms with Crippen LogP contribution < -0.4 is 9.57 Å². The molecule has 1 aliphatic heterocycles. The third-order valence-corrected chi connectivity index (χ3v) is 3.29. The highest BCUT2D eigenvalue weighted by Gasteiger charge is 2.15. The van der Waals surface area contributed by atoms with Crippen LogP contribution in [0.2, 0.25) is 0 Å². The first-order valence-corrected chi connectivity index (χ1v) is 6.81. The number of pyridine rings is 1. The van der Waals surface area contributed by atoms with E-state index in [2.05, 4.69) is 4.98 Å². The minimum atomic E-state index is 0.674. The lowest BCUT2D eigenvalue weighted by Gasteiger charge is -2.16. The smallest absolute Gasteiger partial charge is 0.245 e. The SMILES string of the molecule is CCOc1ccc2c(ON3CCCC3)nccc2c1. The molecule has 0 aliphatic carbocycles. The van der Waals surface area contributed by atoms with Crippen molar-refractivity contribution in [3.63, 3.8) is 0 Å². The summed E-state index contributed by atoms with van der Waals surface area (Å²) in [6.07, 6.45) is 4.17. The largest absolute Gasteiger partial charge is 0.494 e. The van der Waals surface area contributed by atoms with Gasteiger partial charge in [0.25, 0.3) is 0 Å². The van der Waals surface area contributed by atoms with Crippen LogP contribution in [0.3, 0.4) is 0 Å². The molecule has 0 radical (unpaired) electrons. The van der Waals surface area contributed by atoms with Gasteiger partial charge in [-0.05, 0) is 49.4 Å². The number of ether oxygens (including phenoxy) is 1. The molecule has 2 heterocycles. The number of aromatic nitrogens is 1. The van der Waals surface area contributed by atoms with Gasteiger partial charge in [-0.15, -0.1) is 5.06 Å². The van der Waals surface area contributed by atoms with E-state index >= 15 is 0 Å². The van der Waals surface area contributed by atoms with E-state index in [4.69, 9.17) is 9.57 Å². The highest BCUT2D eigenvalue weighted by molar-refractivity contribution is 5.87. The number of fused-ring (bicyclic) bond motifs is 1. The van der Waals surface area contributed by atoms with E-state index in [1.165, 1.54) is 12.8 Å². The zero-order valence-corrected chi connectivity index (χ0v) is 11.1. The summed E-state index contributed by atoms with van der Waals surface area (Å²) in [6, 6.07) is 7.98. The van der Waals surface area contributed by atoms with Gasteiger partial charge in [0.05, 0.1) is 6.61 Å². The molecule has 0 spiro atoms. The fourth-order valence-electron chi connectivity index (χ4n) is 2.36. The lowest BCUT2D eigenvalue weighted by atomic mass is 10.1. The summed E-state index contributed by atoms with van der Waals surface area (Å²) in [5, 5.41) is 4.10. The van der Waals surface area contributed by atoms with Gasteiger partial charge in [0.2, 0.25) is 5.88 Å². The number of rotatable bonds is 4. The maximum Gasteiger partial charge on any atom is 0.245 e. The number of benzene rings is 1. The fraction of sp³-hybridized carbons (Fsp3) is 0.400. The molecule has 0 amide bonds. The summed E-state index contributed by atoms with van der Waals surface area (Å²) < 4.78 is 5.52. The molecule has 1 aromatic heterocycles. The van der Waals surface area contributed by atoms with Crippen LogP contribution >= 0.6 is 0 Å². The predicted molar refractivity (Wildman–Crippen MR) is 74.3 cm³/mol. The van der Waals surface area contributed by atoms with Crippen molar-refractivity contribution in [3.05, 3.63) is 30.5 Å². The summed E-state index contributed by atoms with van der Waals surface area (Å²) in [7, 11) is 0. The topological polar surface area (TPSA) is 34.6 Å². The van der Waals surface area contributed by atoms with E-state index in [1.807, 2.05) is 36.3 Å². The molecule has 0 N–H and O–H groups in total. The van der Waals surface area contributed by atoms with Crippen LogP contribution in [-0.4, -0.2) is 29.7 Å². The van der Waals surface area contributed by atoms with E-state index in [0.29, 0.717) is 12.5 Å². The zero-order chi connectivity index (χ0) is 13.1. The van der Waals surface area contributed by atoms with Crippen LogP contribution in [-0.2, 0) is 0 Å². The van der Waals surface area contributed by atoms with Crippen molar-refractivity contribution < 1.29 is 9.57 Å². The van der Waals surface area contributed by atoms with Crippen LogP contribution in [0.1, 0.15) is 19.8 Å². The lowest BCUT2D eigenvalue weighted by molar-refractivity contribution is -0.0374. The summed E-state index contributed by atoms with van der Waals surface area (Å²) in [6.45, 7) is 4.62. The number of hydroxylamine groups is 2. The van der Waals surface area contributed by atoms with Gasteiger partial charge < -0.3 is 9.57 Å². The summed E-state index contributed by atoms with van der Waals surface area (Å²) in [5.41, 5.74) is 0. The Balaban J connectivity index is 1.91. The highest BCUT2D eigenvalue weighted by atomic mass is 16.7. The van der Waals surface area contributed by atoms with Crippen molar-refractivity contribution in [2.24, 2.45) is 0 Å². The molecule has 0 bridgehead atoms. The van der Waals surface area contributed by atoms with Gasteiger partial charge in [-0.1, -0.05) is 0 Å². The minimum absolute atomic E-state index is 0.674. The second-order valence-corrected chi connectivity index (χ2v) is 4.66. The van der Waals surface area contributed by atoms with Crippen molar-refractivity contribution in [1.82, 2.24) is 10.0 Å². The third kappa shape index (κ3) is 2.63. The molecule has 1 aromatic carbocycles. The molecule has 19 heavy (non-hydrogen) atoms. The van der Waals surface area contributed by atoms with Crippen molar-refractivity contribution in [1.29, 1.82) is 0 Å². The molecule has 0 saturated carbocycles. The molecule has 0 atom stereocenters. The van der Waals surface area contributed by atoms with Crippen LogP contribution in [0.5, 0.6) is 11.6 Å². The molecule has 2 aromatic rings. The maximum atomic E-state index is 5.87. The Kier molecular flexibility index (Phi) is 3.51. The normalized spacial score (nSPS) is 15.8. The first kappa shape index (κ1) is 12.2. The average Bonchev–Trinajstić information content (AvgIpc) is 2.92. The first-order chi connectivity index (χ1) is 9.36. The number of hydrogen-bond acceptors (Lipinski definition) is 4. The van der Waals surface area contributed by atoms with Gasteiger partial charge in [-0.2, -0.15) is 0 Å². The molecular formula is C15H18N2O2. The van der Waals surface area contributed by atoms with Gasteiger partial charge in [0, 0.05) is 24.7 Å². The number of nitrogens with zero attached hydrogens (tertiary/aromatic N) is 2. The molecule has 0 unspecified atom stereocenters. The minimum Gasteiger partial charge on any atom is -0.494 e. The monoisotopic (exact) mass is 258 g/mol. The van der Waals surface area contributed by atoms with Gasteiger partial charge >= 0.3 is 0 Å². The van der Waals surface area contributed by atoms with E-state index in [-0.39, 0.29) is 0 Å². The van der Waals surface area contributed by atoms with Crippen LogP contribution in [0, 0.1) is 0 Å². The Morgan fingerprint density at radius 3 is 2.84 bits per heavy atom. The highest BCUT2D eigenvalue weighted by Crippen LogP contribution is 2.28. The van der Waals surface area contributed by atoms with E-state index < -0.39 is 0 Å². The Morgan fingerprint density at radius 2 is 2.05 bits per heavy atom. The Labute approximate surface area is 112 Å². The van der Waals surface area contributed by atoms with Crippen LogP contribution in [0.15, 0.2) is 30.5 Å².